The molecule has 4 N–H and O–H groups in total. The third-order valence-electron chi connectivity index (χ3n) is 3.23. The van der Waals surface area contributed by atoms with Gasteiger partial charge in [-0.3, -0.25) is 9.59 Å². The Hall–Kier alpha value is -2.75. The molecule has 2 amide bonds. The van der Waals surface area contributed by atoms with Crippen molar-refractivity contribution in [3.8, 4) is 0 Å². The van der Waals surface area contributed by atoms with E-state index in [0.29, 0.717) is 11.4 Å². The number of carbonyl (C=O) groups is 2. The van der Waals surface area contributed by atoms with E-state index in [1.54, 1.807) is 6.07 Å². The predicted octanol–water partition coefficient (Wildman–Crippen LogP) is 1.24. The highest BCUT2D eigenvalue weighted by atomic mass is 32.2. The van der Waals surface area contributed by atoms with Crippen LogP contribution in [0.2, 0.25) is 0 Å². The molecule has 0 fully saturated rings. The Balaban J connectivity index is 1.75. The monoisotopic (exact) mass is 377 g/mol. The Kier molecular flexibility index (Phi) is 6.45. The summed E-state index contributed by atoms with van der Waals surface area (Å²) >= 11 is 0. The van der Waals surface area contributed by atoms with Gasteiger partial charge in [-0.05, 0) is 48.9 Å². The number of primary sulfonamides is 1. The summed E-state index contributed by atoms with van der Waals surface area (Å²) in [5, 5.41) is 10.2. The van der Waals surface area contributed by atoms with Crippen LogP contribution >= 0.6 is 0 Å². The van der Waals surface area contributed by atoms with E-state index in [-0.39, 0.29) is 24.0 Å². The molecule has 8 nitrogen and oxygen atoms in total. The van der Waals surface area contributed by atoms with Gasteiger partial charge in [-0.1, -0.05) is 12.1 Å². The summed E-state index contributed by atoms with van der Waals surface area (Å²) in [6.45, 7) is 1.32. The fraction of sp³-hybridized carbons (Fsp3) is 0.176. The molecule has 9 heteroatoms. The van der Waals surface area contributed by atoms with Gasteiger partial charge in [0, 0.05) is 11.4 Å². The fourth-order valence-corrected chi connectivity index (χ4v) is 2.60. The minimum absolute atomic E-state index is 0.0560. The fourth-order valence-electron chi connectivity index (χ4n) is 2.08. The summed E-state index contributed by atoms with van der Waals surface area (Å²) in [5.41, 5.74) is 2.05. The van der Waals surface area contributed by atoms with Gasteiger partial charge < -0.3 is 15.4 Å². The lowest BCUT2D eigenvalue weighted by Gasteiger charge is -2.08. The average Bonchev–Trinajstić information content (AvgIpc) is 2.54. The van der Waals surface area contributed by atoms with Gasteiger partial charge in [-0.15, -0.1) is 0 Å². The van der Waals surface area contributed by atoms with Crippen LogP contribution in [0, 0.1) is 6.92 Å². The van der Waals surface area contributed by atoms with Crippen molar-refractivity contribution in [3.63, 3.8) is 0 Å². The van der Waals surface area contributed by atoms with Gasteiger partial charge in [-0.2, -0.15) is 0 Å². The SMILES string of the molecule is Cc1cccc(NC(=O)COCC(=O)Nc2ccc(S(N)(=O)=O)cc2)c1. The number of nitrogens with one attached hydrogen (secondary N) is 2. The highest BCUT2D eigenvalue weighted by molar-refractivity contribution is 7.89. The molecule has 0 aliphatic heterocycles. The van der Waals surface area contributed by atoms with Crippen LogP contribution in [0.5, 0.6) is 0 Å². The number of ether oxygens (including phenoxy) is 1. The van der Waals surface area contributed by atoms with Gasteiger partial charge in [0.25, 0.3) is 0 Å². The van der Waals surface area contributed by atoms with Crippen molar-refractivity contribution in [1.29, 1.82) is 0 Å². The number of nitrogens with two attached hydrogens (primary N) is 1. The number of sulfonamides is 1. The summed E-state index contributed by atoms with van der Waals surface area (Å²) in [6, 6.07) is 12.7. The van der Waals surface area contributed by atoms with E-state index < -0.39 is 15.9 Å². The zero-order valence-corrected chi connectivity index (χ0v) is 14.9. The Labute approximate surface area is 151 Å². The maximum absolute atomic E-state index is 11.8. The van der Waals surface area contributed by atoms with E-state index in [1.165, 1.54) is 24.3 Å². The molecular formula is C17H19N3O5S. The van der Waals surface area contributed by atoms with Crippen LogP contribution in [0.1, 0.15) is 5.56 Å². The minimum Gasteiger partial charge on any atom is -0.362 e. The summed E-state index contributed by atoms with van der Waals surface area (Å²) < 4.78 is 27.4. The first-order chi connectivity index (χ1) is 12.2. The molecule has 138 valence electrons. The van der Waals surface area contributed by atoms with E-state index >= 15 is 0 Å². The summed E-state index contributed by atoms with van der Waals surface area (Å²) in [6.07, 6.45) is 0. The molecule has 26 heavy (non-hydrogen) atoms. The van der Waals surface area contributed by atoms with Crippen LogP contribution < -0.4 is 15.8 Å². The molecule has 0 saturated carbocycles. The zero-order chi connectivity index (χ0) is 19.2. The molecule has 0 aliphatic rings. The van der Waals surface area contributed by atoms with Gasteiger partial charge in [-0.25, -0.2) is 13.6 Å². The summed E-state index contributed by atoms with van der Waals surface area (Å²) in [4.78, 5) is 23.5. The third-order valence-corrected chi connectivity index (χ3v) is 4.16. The molecule has 2 aromatic carbocycles. The van der Waals surface area contributed by atoms with E-state index in [9.17, 15) is 18.0 Å². The van der Waals surface area contributed by atoms with Crippen LogP contribution in [0.3, 0.4) is 0 Å². The van der Waals surface area contributed by atoms with Crippen LogP contribution in [-0.2, 0) is 24.3 Å². The second kappa shape index (κ2) is 8.56. The Morgan fingerprint density at radius 3 is 2.08 bits per heavy atom. The van der Waals surface area contributed by atoms with E-state index in [0.717, 1.165) is 5.56 Å². The van der Waals surface area contributed by atoms with Crippen LogP contribution in [0.25, 0.3) is 0 Å². The molecular weight excluding hydrogens is 358 g/mol. The lowest BCUT2D eigenvalue weighted by molar-refractivity contribution is -0.125. The topological polar surface area (TPSA) is 128 Å². The highest BCUT2D eigenvalue weighted by Crippen LogP contribution is 2.12. The number of hydrogen-bond donors (Lipinski definition) is 3. The molecule has 2 rings (SSSR count). The quantitative estimate of drug-likeness (QED) is 0.669. The van der Waals surface area contributed by atoms with Crippen molar-refractivity contribution in [2.24, 2.45) is 5.14 Å². The largest absolute Gasteiger partial charge is 0.362 e. The second-order valence-electron chi connectivity index (χ2n) is 5.53. The smallest absolute Gasteiger partial charge is 0.250 e. The van der Waals surface area contributed by atoms with Crippen LogP contribution in [0.4, 0.5) is 11.4 Å². The number of amides is 2. The second-order valence-corrected chi connectivity index (χ2v) is 7.09. The zero-order valence-electron chi connectivity index (χ0n) is 14.1. The van der Waals surface area contributed by atoms with Crippen molar-refractivity contribution in [2.45, 2.75) is 11.8 Å². The van der Waals surface area contributed by atoms with Gasteiger partial charge in [0.05, 0.1) is 4.90 Å². The van der Waals surface area contributed by atoms with Crippen molar-refractivity contribution < 1.29 is 22.7 Å². The normalized spacial score (nSPS) is 11.0. The lowest BCUT2D eigenvalue weighted by atomic mass is 10.2. The summed E-state index contributed by atoms with van der Waals surface area (Å²) in [7, 11) is -3.78. The minimum atomic E-state index is -3.78. The van der Waals surface area contributed by atoms with Crippen molar-refractivity contribution in [1.82, 2.24) is 0 Å². The van der Waals surface area contributed by atoms with Crippen LogP contribution in [0.15, 0.2) is 53.4 Å². The van der Waals surface area contributed by atoms with Crippen molar-refractivity contribution >= 4 is 33.2 Å². The maximum atomic E-state index is 11.8. The van der Waals surface area contributed by atoms with Crippen molar-refractivity contribution in [2.75, 3.05) is 23.8 Å². The molecule has 0 saturated heterocycles. The van der Waals surface area contributed by atoms with E-state index in [4.69, 9.17) is 9.88 Å². The molecule has 0 unspecified atom stereocenters. The number of anilines is 2. The Morgan fingerprint density at radius 2 is 1.54 bits per heavy atom. The first-order valence-electron chi connectivity index (χ1n) is 7.61. The summed E-state index contributed by atoms with van der Waals surface area (Å²) in [5.74, 6) is -0.849. The average molecular weight is 377 g/mol. The van der Waals surface area contributed by atoms with E-state index in [2.05, 4.69) is 10.6 Å². The third kappa shape index (κ3) is 6.28. The van der Waals surface area contributed by atoms with E-state index in [1.807, 2.05) is 25.1 Å². The molecule has 2 aromatic rings. The van der Waals surface area contributed by atoms with Gasteiger partial charge >= 0.3 is 0 Å². The van der Waals surface area contributed by atoms with Gasteiger partial charge in [0.2, 0.25) is 21.8 Å². The number of benzene rings is 2. The molecule has 0 heterocycles. The first kappa shape index (κ1) is 19.6. The van der Waals surface area contributed by atoms with Gasteiger partial charge in [0.15, 0.2) is 0 Å². The number of hydrogen-bond acceptors (Lipinski definition) is 5. The molecule has 0 spiro atoms. The highest BCUT2D eigenvalue weighted by Gasteiger charge is 2.09. The van der Waals surface area contributed by atoms with Crippen molar-refractivity contribution in [3.05, 3.63) is 54.1 Å². The standard InChI is InChI=1S/C17H19N3O5S/c1-12-3-2-4-14(9-12)20-17(22)11-25-10-16(21)19-13-5-7-15(8-6-13)26(18,23)24/h2-9H,10-11H2,1H3,(H,19,21)(H,20,22)(H2,18,23,24). The number of rotatable bonds is 7. The molecule has 0 aliphatic carbocycles. The lowest BCUT2D eigenvalue weighted by Crippen LogP contribution is -2.24. The number of carbonyl (C=O) groups excluding carboxylic acids is 2. The Morgan fingerprint density at radius 1 is 0.962 bits per heavy atom. The molecule has 0 radical (unpaired) electrons. The molecule has 0 atom stereocenters. The Bertz CT molecular complexity index is 895. The first-order valence-corrected chi connectivity index (χ1v) is 9.15. The predicted molar refractivity (Wildman–Crippen MR) is 97.1 cm³/mol. The maximum Gasteiger partial charge on any atom is 0.250 e. The van der Waals surface area contributed by atoms with Gasteiger partial charge in [0.1, 0.15) is 13.2 Å². The number of aryl methyl sites for hydroxylation is 1. The molecule has 0 bridgehead atoms. The van der Waals surface area contributed by atoms with Crippen LogP contribution in [-0.4, -0.2) is 33.4 Å². The molecule has 0 aromatic heterocycles.